The van der Waals surface area contributed by atoms with E-state index in [-0.39, 0.29) is 0 Å². The fourth-order valence-electron chi connectivity index (χ4n) is 2.36. The summed E-state index contributed by atoms with van der Waals surface area (Å²) >= 11 is 0. The van der Waals surface area contributed by atoms with Crippen LogP contribution in [0.4, 0.5) is 0 Å². The molecule has 17 heavy (non-hydrogen) atoms. The van der Waals surface area contributed by atoms with E-state index in [1.54, 1.807) is 0 Å². The largest absolute Gasteiger partial charge is 0.265 e. The molecular formula is C16H15N. The van der Waals surface area contributed by atoms with E-state index >= 15 is 0 Å². The first kappa shape index (κ1) is 10.3. The van der Waals surface area contributed by atoms with E-state index in [2.05, 4.69) is 35.3 Å². The summed E-state index contributed by atoms with van der Waals surface area (Å²) in [5.41, 5.74) is 5.55. The first-order chi connectivity index (χ1) is 8.42. The van der Waals surface area contributed by atoms with Crippen LogP contribution < -0.4 is 0 Å². The Labute approximate surface area is 102 Å². The van der Waals surface area contributed by atoms with E-state index < -0.39 is 0 Å². The molecule has 0 saturated heterocycles. The molecule has 1 aromatic carbocycles. The molecule has 1 heterocycles. The molecule has 0 aliphatic heterocycles. The molecule has 0 radical (unpaired) electrons. The summed E-state index contributed by atoms with van der Waals surface area (Å²) in [4.78, 5) is 4.01. The van der Waals surface area contributed by atoms with Crippen molar-refractivity contribution in [1.29, 1.82) is 0 Å². The van der Waals surface area contributed by atoms with Gasteiger partial charge in [-0.2, -0.15) is 0 Å². The van der Waals surface area contributed by atoms with Crippen LogP contribution in [0, 0.1) is 0 Å². The molecule has 1 aromatic heterocycles. The number of nitrogens with zero attached hydrogens (tertiary/aromatic N) is 1. The predicted octanol–water partition coefficient (Wildman–Crippen LogP) is 3.74. The van der Waals surface area contributed by atoms with Crippen molar-refractivity contribution >= 4 is 12.2 Å². The second-order valence-corrected chi connectivity index (χ2v) is 4.50. The number of hydrogen-bond acceptors (Lipinski definition) is 1. The fourth-order valence-corrected chi connectivity index (χ4v) is 2.36. The van der Waals surface area contributed by atoms with Crippen molar-refractivity contribution in [1.82, 2.24) is 4.98 Å². The standard InChI is InChI=1S/C16H15N/c1-2-15-7-6-14(12-16(15)3-1)5-4-13-8-10-17-11-9-13/h4-12H,1-3H2/b5-4+. The lowest BCUT2D eigenvalue weighted by molar-refractivity contribution is 0.912. The van der Waals surface area contributed by atoms with Gasteiger partial charge in [0.05, 0.1) is 0 Å². The zero-order valence-electron chi connectivity index (χ0n) is 9.76. The van der Waals surface area contributed by atoms with E-state index in [4.69, 9.17) is 0 Å². The summed E-state index contributed by atoms with van der Waals surface area (Å²) in [7, 11) is 0. The third kappa shape index (κ3) is 2.28. The summed E-state index contributed by atoms with van der Waals surface area (Å²) in [6, 6.07) is 10.8. The van der Waals surface area contributed by atoms with Gasteiger partial charge in [0.2, 0.25) is 0 Å². The minimum atomic E-state index is 1.19. The maximum absolute atomic E-state index is 4.01. The molecule has 1 aliphatic carbocycles. The summed E-state index contributed by atoms with van der Waals surface area (Å²) < 4.78 is 0. The Hall–Kier alpha value is -1.89. The number of aromatic nitrogens is 1. The van der Waals surface area contributed by atoms with Gasteiger partial charge in [-0.3, -0.25) is 4.98 Å². The van der Waals surface area contributed by atoms with Crippen LogP contribution in [0.3, 0.4) is 0 Å². The zero-order valence-corrected chi connectivity index (χ0v) is 9.76. The number of fused-ring (bicyclic) bond motifs is 1. The lowest BCUT2D eigenvalue weighted by atomic mass is 10.1. The number of rotatable bonds is 2. The number of benzene rings is 1. The van der Waals surface area contributed by atoms with Crippen LogP contribution in [0.2, 0.25) is 0 Å². The van der Waals surface area contributed by atoms with Crippen molar-refractivity contribution in [2.24, 2.45) is 0 Å². The van der Waals surface area contributed by atoms with Gasteiger partial charge in [-0.25, -0.2) is 0 Å². The van der Waals surface area contributed by atoms with E-state index in [1.807, 2.05) is 24.5 Å². The molecule has 84 valence electrons. The van der Waals surface area contributed by atoms with Crippen molar-refractivity contribution < 1.29 is 0 Å². The van der Waals surface area contributed by atoms with Crippen molar-refractivity contribution in [3.63, 3.8) is 0 Å². The summed E-state index contributed by atoms with van der Waals surface area (Å²) in [5.74, 6) is 0. The quantitative estimate of drug-likeness (QED) is 0.752. The first-order valence-corrected chi connectivity index (χ1v) is 6.12. The molecule has 1 aliphatic rings. The molecule has 0 unspecified atom stereocenters. The highest BCUT2D eigenvalue weighted by Gasteiger charge is 2.09. The van der Waals surface area contributed by atoms with Crippen LogP contribution in [0.25, 0.3) is 12.2 Å². The summed E-state index contributed by atoms with van der Waals surface area (Å²) in [6.07, 6.45) is 11.8. The lowest BCUT2D eigenvalue weighted by Gasteiger charge is -2.00. The van der Waals surface area contributed by atoms with Gasteiger partial charge in [-0.1, -0.05) is 30.4 Å². The normalized spacial score (nSPS) is 14.1. The van der Waals surface area contributed by atoms with E-state index in [0.717, 1.165) is 0 Å². The minimum Gasteiger partial charge on any atom is -0.265 e. The molecule has 0 saturated carbocycles. The van der Waals surface area contributed by atoms with Gasteiger partial charge < -0.3 is 0 Å². The van der Waals surface area contributed by atoms with Crippen LogP contribution in [-0.2, 0) is 12.8 Å². The molecule has 3 rings (SSSR count). The number of hydrogen-bond donors (Lipinski definition) is 0. The zero-order chi connectivity index (χ0) is 11.5. The predicted molar refractivity (Wildman–Crippen MR) is 71.6 cm³/mol. The smallest absolute Gasteiger partial charge is 0.0273 e. The van der Waals surface area contributed by atoms with Crippen LogP contribution in [0.15, 0.2) is 42.7 Å². The van der Waals surface area contributed by atoms with E-state index in [9.17, 15) is 0 Å². The maximum atomic E-state index is 4.01. The molecule has 0 fully saturated rings. The summed E-state index contributed by atoms with van der Waals surface area (Å²) in [6.45, 7) is 0. The Balaban J connectivity index is 1.84. The van der Waals surface area contributed by atoms with Crippen molar-refractivity contribution in [3.05, 3.63) is 65.0 Å². The van der Waals surface area contributed by atoms with Crippen LogP contribution in [-0.4, -0.2) is 4.98 Å². The van der Waals surface area contributed by atoms with Crippen molar-refractivity contribution in [2.45, 2.75) is 19.3 Å². The average molecular weight is 221 g/mol. The molecule has 0 spiro atoms. The highest BCUT2D eigenvalue weighted by molar-refractivity contribution is 5.69. The topological polar surface area (TPSA) is 12.9 Å². The highest BCUT2D eigenvalue weighted by atomic mass is 14.6. The molecule has 0 amide bonds. The summed E-state index contributed by atoms with van der Waals surface area (Å²) in [5, 5.41) is 0. The van der Waals surface area contributed by atoms with Crippen LogP contribution in [0.1, 0.15) is 28.7 Å². The lowest BCUT2D eigenvalue weighted by Crippen LogP contribution is -1.82. The SMILES string of the molecule is C(=C\c1ccc2c(c1)CCC2)/c1ccncc1. The Bertz CT molecular complexity index is 541. The number of pyridine rings is 1. The van der Waals surface area contributed by atoms with Gasteiger partial charge in [-0.05, 0) is 53.6 Å². The van der Waals surface area contributed by atoms with Gasteiger partial charge in [0.1, 0.15) is 0 Å². The second-order valence-electron chi connectivity index (χ2n) is 4.50. The molecule has 0 atom stereocenters. The highest BCUT2D eigenvalue weighted by Crippen LogP contribution is 2.23. The van der Waals surface area contributed by atoms with Gasteiger partial charge in [0, 0.05) is 12.4 Å². The Morgan fingerprint density at radius 3 is 2.47 bits per heavy atom. The Morgan fingerprint density at radius 1 is 0.824 bits per heavy atom. The minimum absolute atomic E-state index is 1.19. The van der Waals surface area contributed by atoms with E-state index in [1.165, 1.54) is 41.5 Å². The molecule has 0 N–H and O–H groups in total. The van der Waals surface area contributed by atoms with Gasteiger partial charge in [0.25, 0.3) is 0 Å². The molecule has 1 heteroatoms. The van der Waals surface area contributed by atoms with Gasteiger partial charge >= 0.3 is 0 Å². The van der Waals surface area contributed by atoms with Crippen LogP contribution >= 0.6 is 0 Å². The fraction of sp³-hybridized carbons (Fsp3) is 0.188. The Kier molecular flexibility index (Phi) is 2.74. The third-order valence-electron chi connectivity index (χ3n) is 3.30. The third-order valence-corrected chi connectivity index (χ3v) is 3.30. The van der Waals surface area contributed by atoms with E-state index in [0.29, 0.717) is 0 Å². The molecular weight excluding hydrogens is 206 g/mol. The number of aryl methyl sites for hydroxylation is 2. The van der Waals surface area contributed by atoms with Crippen molar-refractivity contribution in [2.75, 3.05) is 0 Å². The molecule has 0 bridgehead atoms. The second kappa shape index (κ2) is 4.54. The van der Waals surface area contributed by atoms with Crippen LogP contribution in [0.5, 0.6) is 0 Å². The molecule has 2 aromatic rings. The van der Waals surface area contributed by atoms with Gasteiger partial charge in [-0.15, -0.1) is 0 Å². The molecule has 1 nitrogen and oxygen atoms in total. The van der Waals surface area contributed by atoms with Gasteiger partial charge in [0.15, 0.2) is 0 Å². The van der Waals surface area contributed by atoms with Crippen molar-refractivity contribution in [3.8, 4) is 0 Å². The monoisotopic (exact) mass is 221 g/mol. The maximum Gasteiger partial charge on any atom is 0.0273 e. The first-order valence-electron chi connectivity index (χ1n) is 6.12. The Morgan fingerprint density at radius 2 is 1.59 bits per heavy atom. The average Bonchev–Trinajstić information content (AvgIpc) is 2.85.